The molecule has 0 aliphatic rings. The van der Waals surface area contributed by atoms with Gasteiger partial charge in [0.1, 0.15) is 0 Å². The van der Waals surface area contributed by atoms with Crippen LogP contribution in [-0.2, 0) is 11.8 Å². The molecule has 0 N–H and O–H groups in total. The van der Waals surface area contributed by atoms with Gasteiger partial charge in [-0.3, -0.25) is 0 Å². The molecule has 0 fully saturated rings. The van der Waals surface area contributed by atoms with Crippen LogP contribution in [0, 0.1) is 0 Å². The van der Waals surface area contributed by atoms with E-state index in [2.05, 4.69) is 0 Å². The number of rotatable bonds is 17. The zero-order valence-corrected chi connectivity index (χ0v) is 31.7. The Hall–Kier alpha value is -2.90. The van der Waals surface area contributed by atoms with Crippen LogP contribution in [0.25, 0.3) is 0 Å². The van der Waals surface area contributed by atoms with E-state index in [4.69, 9.17) is 0 Å². The summed E-state index contributed by atoms with van der Waals surface area (Å²) in [5.74, 6) is -117. The summed E-state index contributed by atoms with van der Waals surface area (Å²) in [6.07, 6.45) is -16.0. The first kappa shape index (κ1) is 57.2. The van der Waals surface area contributed by atoms with Crippen molar-refractivity contribution in [2.24, 2.45) is 0 Å². The molecule has 36 heteroatoms. The second kappa shape index (κ2) is 15.8. The van der Waals surface area contributed by atoms with Crippen LogP contribution in [0.4, 0.5) is 149 Å². The van der Waals surface area contributed by atoms with Crippen molar-refractivity contribution in [3.63, 3.8) is 0 Å². The van der Waals surface area contributed by atoms with E-state index in [0.29, 0.717) is 0 Å². The van der Waals surface area contributed by atoms with Crippen LogP contribution in [0.5, 0.6) is 0 Å². The van der Waals surface area contributed by atoms with Gasteiger partial charge in [-0.05, 0) is 0 Å². The first-order valence-electron chi connectivity index (χ1n) is 14.6. The maximum absolute atomic E-state index is 14.5. The molecule has 0 unspecified atom stereocenters. The SMILES string of the molecule is FC(F)(F)C(F)(F)C(F)(F)C(F)(F)C(F)(F)C(F)(F)C(F)(F)C(F)(F)c1ccc([Se][Se]c2ccc(C(F)(F)C(F)(F)C(F)(F)C(F)(F)C(F)(F)C(F)(F)C(F)(F)C(F)(F)F)cc2)cc1. The second-order valence-corrected chi connectivity index (χ2v) is 18.6. The molecular weight excluding hydrogens is 1140 g/mol. The van der Waals surface area contributed by atoms with Gasteiger partial charge in [0, 0.05) is 0 Å². The summed E-state index contributed by atoms with van der Waals surface area (Å²) in [4.78, 5) is 0. The molecule has 64 heavy (non-hydrogen) atoms. The summed E-state index contributed by atoms with van der Waals surface area (Å²) in [7, 11) is 0. The normalized spacial score (nSPS) is 16.1. The molecule has 0 nitrogen and oxygen atoms in total. The van der Waals surface area contributed by atoms with Crippen LogP contribution >= 0.6 is 0 Å². The Kier molecular flexibility index (Phi) is 14.2. The zero-order valence-electron chi connectivity index (χ0n) is 28.3. The van der Waals surface area contributed by atoms with Gasteiger partial charge < -0.3 is 0 Å². The first-order valence-corrected chi connectivity index (χ1v) is 20.7. The van der Waals surface area contributed by atoms with E-state index in [1.165, 1.54) is 0 Å². The Balaban J connectivity index is 2.41. The van der Waals surface area contributed by atoms with E-state index in [1.807, 2.05) is 0 Å². The molecule has 2 rings (SSSR count). The summed E-state index contributed by atoms with van der Waals surface area (Å²) in [6, 6.07) is -1.32. The Labute approximate surface area is 339 Å². The standard InChI is InChI=1S/C28H8F34Se2/c29-13(30,15(33,34)17(37,38)19(41,42)21(45,46)23(49,50)25(53,54)27(57,58)59)9-1-5-11(6-2-9)63-64-12-7-3-10(4-8-12)14(31,32)16(35,36)18(39,40)20(43,44)22(47,48)24(51,52)26(55,56)28(60,61)62/h1-8H. The molecule has 0 saturated carbocycles. The molecule has 0 amide bonds. The maximum atomic E-state index is 14.5. The fraction of sp³-hybridized carbons (Fsp3) is 0.571. The number of halogens is 34. The van der Waals surface area contributed by atoms with Crippen LogP contribution < -0.4 is 8.92 Å². The second-order valence-electron chi connectivity index (χ2n) is 12.3. The average Bonchev–Trinajstić information content (AvgIpc) is 3.12. The molecule has 0 heterocycles. The summed E-state index contributed by atoms with van der Waals surface area (Å²) < 4.78 is 460. The molecule has 0 bridgehead atoms. The third kappa shape index (κ3) is 7.78. The van der Waals surface area contributed by atoms with E-state index in [1.54, 1.807) is 0 Å². The van der Waals surface area contributed by atoms with Crippen LogP contribution in [0.3, 0.4) is 0 Å². The molecule has 0 aliphatic heterocycles. The first-order chi connectivity index (χ1) is 27.7. The molecule has 0 spiro atoms. The van der Waals surface area contributed by atoms with Crippen molar-refractivity contribution in [1.29, 1.82) is 0 Å². The summed E-state index contributed by atoms with van der Waals surface area (Å²) in [6.45, 7) is 0. The fourth-order valence-corrected chi connectivity index (χ4v) is 10.2. The minimum absolute atomic E-state index is 0.124. The minimum atomic E-state index is -8.91. The van der Waals surface area contributed by atoms with Gasteiger partial charge in [-0.2, -0.15) is 26.3 Å². The molecule has 0 radical (unpaired) electrons. The van der Waals surface area contributed by atoms with E-state index in [9.17, 15) is 149 Å². The number of hydrogen-bond acceptors (Lipinski definition) is 0. The topological polar surface area (TPSA) is 0 Å². The third-order valence-corrected chi connectivity index (χ3v) is 15.3. The molecular formula is C28H8F34Se2. The summed E-state index contributed by atoms with van der Waals surface area (Å²) in [5.41, 5.74) is -5.30. The third-order valence-electron chi connectivity index (χ3n) is 8.11. The molecule has 0 aliphatic carbocycles. The van der Waals surface area contributed by atoms with E-state index < -0.39 is 166 Å². The molecule has 2 aromatic rings. The van der Waals surface area contributed by atoms with Crippen LogP contribution in [0.1, 0.15) is 11.1 Å². The van der Waals surface area contributed by atoms with Crippen LogP contribution in [0.15, 0.2) is 48.5 Å². The van der Waals surface area contributed by atoms with Crippen molar-refractivity contribution in [3.8, 4) is 0 Å². The number of alkyl halides is 34. The van der Waals surface area contributed by atoms with Gasteiger partial charge in [0.2, 0.25) is 0 Å². The van der Waals surface area contributed by atoms with Gasteiger partial charge in [-0.1, -0.05) is 0 Å². The van der Waals surface area contributed by atoms with Gasteiger partial charge in [0.05, 0.1) is 0 Å². The van der Waals surface area contributed by atoms with Crippen LogP contribution in [-0.4, -0.2) is 110 Å². The van der Waals surface area contributed by atoms with Gasteiger partial charge in [0.15, 0.2) is 0 Å². The molecule has 0 aromatic heterocycles. The summed E-state index contributed by atoms with van der Waals surface area (Å²) >= 11 is -2.95. The van der Waals surface area contributed by atoms with Crippen molar-refractivity contribution in [3.05, 3.63) is 59.7 Å². The Bertz CT molecular complexity index is 1810. The molecule has 0 atom stereocenters. The van der Waals surface area contributed by atoms with Crippen LogP contribution in [0.2, 0.25) is 0 Å². The van der Waals surface area contributed by atoms with Gasteiger partial charge in [-0.25, -0.2) is 0 Å². The van der Waals surface area contributed by atoms with Gasteiger partial charge in [-0.15, -0.1) is 0 Å². The average molecular weight is 1150 g/mol. The van der Waals surface area contributed by atoms with Crippen molar-refractivity contribution < 1.29 is 149 Å². The molecule has 0 saturated heterocycles. The summed E-state index contributed by atoms with van der Waals surface area (Å²) in [5, 5.41) is 0. The van der Waals surface area contributed by atoms with Crippen molar-refractivity contribution in [2.75, 3.05) is 0 Å². The van der Waals surface area contributed by atoms with Gasteiger partial charge in [0.25, 0.3) is 0 Å². The van der Waals surface area contributed by atoms with Crippen molar-refractivity contribution >= 4 is 35.2 Å². The predicted octanol–water partition coefficient (Wildman–Crippen LogP) is 11.9. The fourth-order valence-electron chi connectivity index (χ4n) is 4.23. The molecule has 370 valence electrons. The Morgan fingerprint density at radius 1 is 0.203 bits per heavy atom. The predicted molar refractivity (Wildman–Crippen MR) is 143 cm³/mol. The Morgan fingerprint density at radius 3 is 0.531 bits per heavy atom. The van der Waals surface area contributed by atoms with E-state index in [-0.39, 0.29) is 24.3 Å². The van der Waals surface area contributed by atoms with Crippen molar-refractivity contribution in [1.82, 2.24) is 0 Å². The van der Waals surface area contributed by atoms with Crippen molar-refractivity contribution in [2.45, 2.75) is 95.3 Å². The van der Waals surface area contributed by atoms with E-state index in [0.717, 1.165) is 0 Å². The Morgan fingerprint density at radius 2 is 0.359 bits per heavy atom. The molecule has 2 aromatic carbocycles. The number of benzene rings is 2. The zero-order chi connectivity index (χ0) is 51.4. The monoisotopic (exact) mass is 1150 g/mol. The van der Waals surface area contributed by atoms with Gasteiger partial charge >= 0.3 is 313 Å². The quantitative estimate of drug-likeness (QED) is 0.109. The number of hydrogen-bond donors (Lipinski definition) is 0. The van der Waals surface area contributed by atoms with E-state index >= 15 is 0 Å².